The Balaban J connectivity index is 3.75. The van der Waals surface area contributed by atoms with Crippen molar-refractivity contribution < 1.29 is 19.4 Å². The van der Waals surface area contributed by atoms with Gasteiger partial charge in [0.15, 0.2) is 0 Å². The molecule has 102 valence electrons. The summed E-state index contributed by atoms with van der Waals surface area (Å²) in [6.07, 6.45) is 0.421. The summed E-state index contributed by atoms with van der Waals surface area (Å²) in [6.45, 7) is 11.4. The maximum atomic E-state index is 10.8. The Hall–Kier alpha value is -0.393. The highest BCUT2D eigenvalue weighted by Crippen LogP contribution is 2.12. The molecular weight excluding hydrogens is 236 g/mol. The molecule has 0 aromatic rings. The van der Waals surface area contributed by atoms with Gasteiger partial charge in [-0.15, -0.1) is 0 Å². The summed E-state index contributed by atoms with van der Waals surface area (Å²) in [6, 6.07) is 1.10. The van der Waals surface area contributed by atoms with Gasteiger partial charge in [-0.2, -0.15) is 0 Å². The molecule has 0 bridgehead atoms. The second kappa shape index (κ2) is 7.84. The molecule has 0 aromatic heterocycles. The van der Waals surface area contributed by atoms with E-state index in [4.69, 9.17) is 14.6 Å². The number of hydrogen-bond donors (Lipinski definition) is 1. The van der Waals surface area contributed by atoms with Gasteiger partial charge in [-0.25, -0.2) is 0 Å². The van der Waals surface area contributed by atoms with Crippen LogP contribution < -0.4 is 0 Å². The van der Waals surface area contributed by atoms with Crippen molar-refractivity contribution in [3.63, 3.8) is 0 Å². The summed E-state index contributed by atoms with van der Waals surface area (Å²) >= 11 is 0. The molecule has 0 aliphatic carbocycles. The van der Waals surface area contributed by atoms with Crippen molar-refractivity contribution in [1.29, 1.82) is 0 Å². The number of carboxylic acid groups (broad SMARTS) is 1. The highest BCUT2D eigenvalue weighted by molar-refractivity contribution is 6.76. The summed E-state index contributed by atoms with van der Waals surface area (Å²) in [7, 11) is -1.06. The van der Waals surface area contributed by atoms with Crippen molar-refractivity contribution in [3.8, 4) is 0 Å². The molecule has 0 heterocycles. The van der Waals surface area contributed by atoms with Crippen molar-refractivity contribution in [3.05, 3.63) is 0 Å². The summed E-state index contributed by atoms with van der Waals surface area (Å²) in [5.74, 6) is -1.31. The van der Waals surface area contributed by atoms with E-state index in [1.807, 2.05) is 6.92 Å². The van der Waals surface area contributed by atoms with Crippen LogP contribution in [0.4, 0.5) is 0 Å². The van der Waals surface area contributed by atoms with E-state index in [0.29, 0.717) is 13.0 Å². The summed E-state index contributed by atoms with van der Waals surface area (Å²) in [4.78, 5) is 10.8. The molecule has 0 saturated heterocycles. The average molecular weight is 262 g/mol. The van der Waals surface area contributed by atoms with Crippen LogP contribution in [0.15, 0.2) is 0 Å². The first kappa shape index (κ1) is 16.6. The fourth-order valence-electron chi connectivity index (χ4n) is 1.35. The van der Waals surface area contributed by atoms with Gasteiger partial charge in [0.1, 0.15) is 6.79 Å². The fourth-order valence-corrected chi connectivity index (χ4v) is 2.10. The Morgan fingerprint density at radius 2 is 1.94 bits per heavy atom. The van der Waals surface area contributed by atoms with Gasteiger partial charge >= 0.3 is 5.97 Å². The van der Waals surface area contributed by atoms with Gasteiger partial charge in [0, 0.05) is 14.7 Å². The molecule has 1 N–H and O–H groups in total. The number of hydrogen-bond acceptors (Lipinski definition) is 3. The topological polar surface area (TPSA) is 55.8 Å². The van der Waals surface area contributed by atoms with Crippen LogP contribution in [0.5, 0.6) is 0 Å². The maximum Gasteiger partial charge on any atom is 0.308 e. The van der Waals surface area contributed by atoms with Crippen LogP contribution in [-0.4, -0.2) is 38.7 Å². The van der Waals surface area contributed by atoms with Crippen molar-refractivity contribution in [1.82, 2.24) is 0 Å². The number of carbonyl (C=O) groups is 1. The van der Waals surface area contributed by atoms with Gasteiger partial charge < -0.3 is 14.6 Å². The predicted octanol–water partition coefficient (Wildman–Crippen LogP) is 2.81. The lowest BCUT2D eigenvalue weighted by Crippen LogP contribution is -2.29. The van der Waals surface area contributed by atoms with Gasteiger partial charge in [0.25, 0.3) is 0 Å². The minimum absolute atomic E-state index is 0.195. The lowest BCUT2D eigenvalue weighted by Gasteiger charge is -2.20. The molecule has 0 spiro atoms. The number of aliphatic carboxylic acids is 1. The molecule has 17 heavy (non-hydrogen) atoms. The SMILES string of the molecule is CC[C@H](OCOCC[Si](C)(C)C)[C@@H](C)C(=O)O. The molecule has 0 aliphatic heterocycles. The highest BCUT2D eigenvalue weighted by Gasteiger charge is 2.22. The zero-order valence-corrected chi connectivity index (χ0v) is 12.7. The monoisotopic (exact) mass is 262 g/mol. The second-order valence-corrected chi connectivity index (χ2v) is 11.2. The van der Waals surface area contributed by atoms with E-state index in [-0.39, 0.29) is 12.9 Å². The molecule has 0 radical (unpaired) electrons. The molecule has 0 saturated carbocycles. The molecule has 0 aromatic carbocycles. The number of carboxylic acids is 1. The number of rotatable bonds is 9. The van der Waals surface area contributed by atoms with Crippen LogP contribution in [0.25, 0.3) is 0 Å². The van der Waals surface area contributed by atoms with Gasteiger partial charge in [-0.05, 0) is 19.4 Å². The summed E-state index contributed by atoms with van der Waals surface area (Å²) in [5.41, 5.74) is 0. The van der Waals surface area contributed by atoms with Gasteiger partial charge in [0.05, 0.1) is 12.0 Å². The Labute approximate surface area is 105 Å². The van der Waals surface area contributed by atoms with Crippen LogP contribution in [0.1, 0.15) is 20.3 Å². The molecular formula is C12H26O4Si. The molecule has 0 fully saturated rings. The minimum atomic E-state index is -1.06. The van der Waals surface area contributed by atoms with Crippen molar-refractivity contribution >= 4 is 14.0 Å². The lowest BCUT2D eigenvalue weighted by atomic mass is 10.0. The molecule has 0 rings (SSSR count). The first-order valence-corrected chi connectivity index (χ1v) is 9.90. The summed E-state index contributed by atoms with van der Waals surface area (Å²) < 4.78 is 10.8. The largest absolute Gasteiger partial charge is 0.481 e. The average Bonchev–Trinajstić information content (AvgIpc) is 2.20. The van der Waals surface area contributed by atoms with Gasteiger partial charge in [0.2, 0.25) is 0 Å². The Bertz CT molecular complexity index is 225. The normalized spacial score (nSPS) is 15.6. The first-order valence-electron chi connectivity index (χ1n) is 6.20. The van der Waals surface area contributed by atoms with E-state index in [1.54, 1.807) is 6.92 Å². The Morgan fingerprint density at radius 1 is 1.35 bits per heavy atom. The lowest BCUT2D eigenvalue weighted by molar-refractivity contribution is -0.153. The van der Waals surface area contributed by atoms with E-state index in [0.717, 1.165) is 6.04 Å². The third-order valence-corrected chi connectivity index (χ3v) is 4.42. The van der Waals surface area contributed by atoms with E-state index in [1.165, 1.54) is 0 Å². The van der Waals surface area contributed by atoms with Crippen LogP contribution in [0, 0.1) is 5.92 Å². The smallest absolute Gasteiger partial charge is 0.308 e. The summed E-state index contributed by atoms with van der Waals surface area (Å²) in [5, 5.41) is 8.88. The van der Waals surface area contributed by atoms with E-state index < -0.39 is 20.0 Å². The number of ether oxygens (including phenoxy) is 2. The van der Waals surface area contributed by atoms with E-state index in [9.17, 15) is 4.79 Å². The van der Waals surface area contributed by atoms with Crippen LogP contribution in [0.3, 0.4) is 0 Å². The zero-order valence-electron chi connectivity index (χ0n) is 11.7. The molecule has 0 amide bonds. The standard InChI is InChI=1S/C12H26O4Si/c1-6-11(10(2)12(13)14)16-9-15-7-8-17(3,4)5/h10-11H,6-9H2,1-5H3,(H,13,14)/t10-,11+/m1/s1. The van der Waals surface area contributed by atoms with Gasteiger partial charge in [-0.1, -0.05) is 26.6 Å². The van der Waals surface area contributed by atoms with Crippen molar-refractivity contribution in [2.24, 2.45) is 5.92 Å². The second-order valence-electron chi connectivity index (χ2n) is 5.58. The molecule has 0 aliphatic rings. The molecule has 4 nitrogen and oxygen atoms in total. The van der Waals surface area contributed by atoms with Crippen LogP contribution in [-0.2, 0) is 14.3 Å². The fraction of sp³-hybridized carbons (Fsp3) is 0.917. The Kier molecular flexibility index (Phi) is 7.66. The third-order valence-electron chi connectivity index (χ3n) is 2.71. The zero-order chi connectivity index (χ0) is 13.5. The minimum Gasteiger partial charge on any atom is -0.481 e. The van der Waals surface area contributed by atoms with Crippen molar-refractivity contribution in [2.75, 3.05) is 13.4 Å². The van der Waals surface area contributed by atoms with Crippen LogP contribution >= 0.6 is 0 Å². The third kappa shape index (κ3) is 8.35. The molecule has 0 unspecified atom stereocenters. The van der Waals surface area contributed by atoms with Crippen molar-refractivity contribution in [2.45, 2.75) is 52.1 Å². The highest BCUT2D eigenvalue weighted by atomic mass is 28.3. The maximum absolute atomic E-state index is 10.8. The Morgan fingerprint density at radius 3 is 2.35 bits per heavy atom. The van der Waals surface area contributed by atoms with E-state index >= 15 is 0 Å². The molecule has 2 atom stereocenters. The first-order chi connectivity index (χ1) is 7.78. The van der Waals surface area contributed by atoms with E-state index in [2.05, 4.69) is 19.6 Å². The quantitative estimate of drug-likeness (QED) is 0.394. The van der Waals surface area contributed by atoms with Gasteiger partial charge in [-0.3, -0.25) is 4.79 Å². The predicted molar refractivity (Wildman–Crippen MR) is 70.9 cm³/mol. The molecule has 5 heteroatoms. The van der Waals surface area contributed by atoms with Crippen LogP contribution in [0.2, 0.25) is 25.7 Å².